The minimum absolute atomic E-state index is 0.0237. The lowest BCUT2D eigenvalue weighted by atomic mass is 9.68. The van der Waals surface area contributed by atoms with Crippen molar-refractivity contribution in [2.24, 2.45) is 0 Å². The summed E-state index contributed by atoms with van der Waals surface area (Å²) in [5, 5.41) is 11.5. The first-order chi connectivity index (χ1) is 12.1. The molecule has 1 saturated carbocycles. The maximum Gasteiger partial charge on any atom is 0.315 e. The van der Waals surface area contributed by atoms with Crippen molar-refractivity contribution < 1.29 is 9.59 Å². The van der Waals surface area contributed by atoms with Gasteiger partial charge in [0.15, 0.2) is 0 Å². The molecule has 1 spiro atoms. The molecule has 3 N–H and O–H groups in total. The van der Waals surface area contributed by atoms with Crippen molar-refractivity contribution in [1.82, 2.24) is 16.0 Å². The Morgan fingerprint density at radius 3 is 2.72 bits per heavy atom. The van der Waals surface area contributed by atoms with Gasteiger partial charge >= 0.3 is 6.03 Å². The fourth-order valence-corrected chi connectivity index (χ4v) is 3.96. The van der Waals surface area contributed by atoms with Crippen molar-refractivity contribution >= 4 is 22.7 Å². The van der Waals surface area contributed by atoms with Crippen LogP contribution < -0.4 is 16.0 Å². The van der Waals surface area contributed by atoms with Crippen molar-refractivity contribution in [1.29, 1.82) is 0 Å². The van der Waals surface area contributed by atoms with Gasteiger partial charge in [-0.25, -0.2) is 4.79 Å². The third kappa shape index (κ3) is 3.18. The second-order valence-electron chi connectivity index (χ2n) is 7.16. The number of hydrogen-bond donors (Lipinski definition) is 3. The zero-order valence-electron chi connectivity index (χ0n) is 14.2. The van der Waals surface area contributed by atoms with Gasteiger partial charge in [-0.05, 0) is 48.1 Å². The van der Waals surface area contributed by atoms with Crippen LogP contribution in [0.15, 0.2) is 42.5 Å². The topological polar surface area (TPSA) is 70.2 Å². The molecular formula is C20H23N3O2. The number of benzene rings is 2. The van der Waals surface area contributed by atoms with Gasteiger partial charge in [0.2, 0.25) is 5.91 Å². The van der Waals surface area contributed by atoms with Gasteiger partial charge in [0.05, 0.1) is 11.6 Å². The van der Waals surface area contributed by atoms with Crippen LogP contribution in [0.1, 0.15) is 37.7 Å². The minimum atomic E-state index is -0.213. The molecule has 0 unspecified atom stereocenters. The second kappa shape index (κ2) is 6.39. The molecule has 5 nitrogen and oxygen atoms in total. The molecule has 0 radical (unpaired) electrons. The zero-order valence-corrected chi connectivity index (χ0v) is 14.2. The molecule has 5 heteroatoms. The molecule has 130 valence electrons. The quantitative estimate of drug-likeness (QED) is 0.806. The Labute approximate surface area is 147 Å². The van der Waals surface area contributed by atoms with E-state index < -0.39 is 0 Å². The Morgan fingerprint density at radius 1 is 1.16 bits per heavy atom. The maximum atomic E-state index is 12.3. The number of piperidine rings is 1. The molecule has 1 aliphatic heterocycles. The van der Waals surface area contributed by atoms with Gasteiger partial charge in [-0.2, -0.15) is 0 Å². The zero-order chi connectivity index (χ0) is 17.3. The van der Waals surface area contributed by atoms with E-state index in [1.165, 1.54) is 10.8 Å². The highest BCUT2D eigenvalue weighted by molar-refractivity contribution is 5.83. The average Bonchev–Trinajstić information content (AvgIpc) is 2.60. The van der Waals surface area contributed by atoms with E-state index in [0.717, 1.165) is 31.2 Å². The van der Waals surface area contributed by atoms with Crippen LogP contribution in [0.5, 0.6) is 0 Å². The number of hydrogen-bond acceptors (Lipinski definition) is 2. The third-order valence-electron chi connectivity index (χ3n) is 5.53. The summed E-state index contributed by atoms with van der Waals surface area (Å²) in [4.78, 5) is 24.0. The van der Waals surface area contributed by atoms with E-state index in [0.29, 0.717) is 13.0 Å². The summed E-state index contributed by atoms with van der Waals surface area (Å²) >= 11 is 0. The molecule has 1 saturated heterocycles. The van der Waals surface area contributed by atoms with E-state index in [1.54, 1.807) is 0 Å². The lowest BCUT2D eigenvalue weighted by Crippen LogP contribution is -2.69. The van der Waals surface area contributed by atoms with Crippen LogP contribution in [-0.2, 0) is 11.3 Å². The molecule has 2 fully saturated rings. The molecule has 25 heavy (non-hydrogen) atoms. The van der Waals surface area contributed by atoms with E-state index in [-0.39, 0.29) is 23.5 Å². The molecule has 4 rings (SSSR count). The van der Waals surface area contributed by atoms with Crippen LogP contribution >= 0.6 is 0 Å². The largest absolute Gasteiger partial charge is 0.349 e. The first-order valence-corrected chi connectivity index (χ1v) is 8.98. The molecule has 1 aliphatic carbocycles. The Morgan fingerprint density at radius 2 is 1.96 bits per heavy atom. The molecule has 1 atom stereocenters. The number of amides is 3. The van der Waals surface area contributed by atoms with Gasteiger partial charge in [-0.3, -0.25) is 4.79 Å². The van der Waals surface area contributed by atoms with E-state index in [1.807, 2.05) is 18.2 Å². The molecule has 2 aromatic carbocycles. The van der Waals surface area contributed by atoms with Gasteiger partial charge in [0.1, 0.15) is 0 Å². The lowest BCUT2D eigenvalue weighted by molar-refractivity contribution is -0.127. The summed E-state index contributed by atoms with van der Waals surface area (Å²) in [7, 11) is 0. The SMILES string of the molecule is O=C1CC[C@@H](NC(=O)NCc2ccc3ccccc3c2)C2(CCC2)N1. The predicted octanol–water partition coefficient (Wildman–Crippen LogP) is 2.84. The fraction of sp³-hybridized carbons (Fsp3) is 0.400. The summed E-state index contributed by atoms with van der Waals surface area (Å²) in [5.74, 6) is 0.106. The van der Waals surface area contributed by atoms with Crippen LogP contribution in [-0.4, -0.2) is 23.5 Å². The van der Waals surface area contributed by atoms with E-state index in [2.05, 4.69) is 40.2 Å². The van der Waals surface area contributed by atoms with Crippen molar-refractivity contribution in [3.05, 3.63) is 48.0 Å². The second-order valence-corrected chi connectivity index (χ2v) is 7.16. The Kier molecular flexibility index (Phi) is 4.07. The molecule has 2 aliphatic rings. The normalized spacial score (nSPS) is 21.4. The molecule has 3 amide bonds. The first-order valence-electron chi connectivity index (χ1n) is 8.98. The highest BCUT2D eigenvalue weighted by Gasteiger charge is 2.48. The van der Waals surface area contributed by atoms with Gasteiger partial charge in [-0.15, -0.1) is 0 Å². The molecule has 0 bridgehead atoms. The molecule has 1 heterocycles. The highest BCUT2D eigenvalue weighted by Crippen LogP contribution is 2.38. The molecule has 0 aromatic heterocycles. The number of carbonyl (C=O) groups excluding carboxylic acids is 2. The van der Waals surface area contributed by atoms with Crippen molar-refractivity contribution in [2.75, 3.05) is 0 Å². The maximum absolute atomic E-state index is 12.3. The predicted molar refractivity (Wildman–Crippen MR) is 97.1 cm³/mol. The van der Waals surface area contributed by atoms with Crippen LogP contribution in [0.4, 0.5) is 4.79 Å². The number of rotatable bonds is 3. The lowest BCUT2D eigenvalue weighted by Gasteiger charge is -2.50. The van der Waals surface area contributed by atoms with E-state index in [9.17, 15) is 9.59 Å². The average molecular weight is 337 g/mol. The first kappa shape index (κ1) is 15.9. The Bertz CT molecular complexity index is 813. The monoisotopic (exact) mass is 337 g/mol. The van der Waals surface area contributed by atoms with Gasteiger partial charge in [0.25, 0.3) is 0 Å². The standard InChI is InChI=1S/C20H23N3O2/c24-18-9-8-17(20(23-18)10-3-11-20)22-19(25)21-13-14-6-7-15-4-1-2-5-16(15)12-14/h1-2,4-7,12,17H,3,8-11,13H2,(H,23,24)(H2,21,22,25)/t17-/m1/s1. The van der Waals surface area contributed by atoms with Crippen LogP contribution in [0, 0.1) is 0 Å². The summed E-state index contributed by atoms with van der Waals surface area (Å²) in [6.45, 7) is 0.489. The third-order valence-corrected chi connectivity index (χ3v) is 5.53. The number of fused-ring (bicyclic) bond motifs is 1. The van der Waals surface area contributed by atoms with E-state index in [4.69, 9.17) is 0 Å². The van der Waals surface area contributed by atoms with Gasteiger partial charge < -0.3 is 16.0 Å². The summed E-state index contributed by atoms with van der Waals surface area (Å²) < 4.78 is 0. The Balaban J connectivity index is 1.36. The van der Waals surface area contributed by atoms with Crippen LogP contribution in [0.25, 0.3) is 10.8 Å². The fourth-order valence-electron chi connectivity index (χ4n) is 3.96. The number of carbonyl (C=O) groups is 2. The van der Waals surface area contributed by atoms with Crippen molar-refractivity contribution in [2.45, 2.75) is 50.2 Å². The minimum Gasteiger partial charge on any atom is -0.349 e. The summed E-state index contributed by atoms with van der Waals surface area (Å²) in [6, 6.07) is 14.3. The van der Waals surface area contributed by atoms with Crippen molar-refractivity contribution in [3.8, 4) is 0 Å². The number of urea groups is 1. The number of nitrogens with one attached hydrogen (secondary N) is 3. The smallest absolute Gasteiger partial charge is 0.315 e. The van der Waals surface area contributed by atoms with E-state index >= 15 is 0 Å². The van der Waals surface area contributed by atoms with Gasteiger partial charge in [0, 0.05) is 13.0 Å². The van der Waals surface area contributed by atoms with Crippen LogP contribution in [0.2, 0.25) is 0 Å². The molecular weight excluding hydrogens is 314 g/mol. The Hall–Kier alpha value is -2.56. The summed E-state index contributed by atoms with van der Waals surface area (Å²) in [5.41, 5.74) is 0.861. The molecule has 2 aromatic rings. The van der Waals surface area contributed by atoms with Crippen molar-refractivity contribution in [3.63, 3.8) is 0 Å². The van der Waals surface area contributed by atoms with Crippen LogP contribution in [0.3, 0.4) is 0 Å². The summed E-state index contributed by atoms with van der Waals surface area (Å²) in [6.07, 6.45) is 4.21. The van der Waals surface area contributed by atoms with Gasteiger partial charge in [-0.1, -0.05) is 36.4 Å². The highest BCUT2D eigenvalue weighted by atomic mass is 16.2.